The Morgan fingerprint density at radius 1 is 1.33 bits per heavy atom. The summed E-state index contributed by atoms with van der Waals surface area (Å²) in [6.45, 7) is 4.96. The summed E-state index contributed by atoms with van der Waals surface area (Å²) in [5.74, 6) is 1.14. The lowest BCUT2D eigenvalue weighted by molar-refractivity contribution is 0.122. The van der Waals surface area contributed by atoms with Crippen molar-refractivity contribution in [1.82, 2.24) is 10.2 Å². The first-order chi connectivity index (χ1) is 8.49. The second-order valence-corrected chi connectivity index (χ2v) is 8.18. The minimum absolute atomic E-state index is 0.296. The highest BCUT2D eigenvalue weighted by Crippen LogP contribution is 2.34. The van der Waals surface area contributed by atoms with Crippen molar-refractivity contribution < 1.29 is 8.42 Å². The van der Waals surface area contributed by atoms with E-state index in [0.717, 1.165) is 31.8 Å². The molecule has 0 aromatic carbocycles. The minimum Gasteiger partial charge on any atom is -0.311 e. The maximum absolute atomic E-state index is 11.3. The molecule has 2 aliphatic rings. The zero-order valence-electron chi connectivity index (χ0n) is 11.6. The highest BCUT2D eigenvalue weighted by Gasteiger charge is 2.36. The van der Waals surface area contributed by atoms with Crippen molar-refractivity contribution in [1.29, 1.82) is 0 Å². The number of piperazine rings is 1. The van der Waals surface area contributed by atoms with Crippen LogP contribution < -0.4 is 5.32 Å². The SMILES string of the molecule is CCCC1CNC(C2CC2)CN1CCS(C)(=O)=O. The van der Waals surface area contributed by atoms with Crippen LogP contribution in [0.1, 0.15) is 32.6 Å². The molecule has 1 saturated carbocycles. The maximum atomic E-state index is 11.3. The lowest BCUT2D eigenvalue weighted by Crippen LogP contribution is -2.57. The molecule has 0 aromatic heterocycles. The number of nitrogens with one attached hydrogen (secondary N) is 1. The molecule has 1 N–H and O–H groups in total. The monoisotopic (exact) mass is 274 g/mol. The van der Waals surface area contributed by atoms with Gasteiger partial charge in [0.25, 0.3) is 0 Å². The van der Waals surface area contributed by atoms with Crippen molar-refractivity contribution in [3.05, 3.63) is 0 Å². The fourth-order valence-electron chi connectivity index (χ4n) is 2.87. The van der Waals surface area contributed by atoms with E-state index in [1.807, 2.05) is 0 Å². The third kappa shape index (κ3) is 4.21. The molecule has 4 nitrogen and oxygen atoms in total. The Morgan fingerprint density at radius 2 is 2.06 bits per heavy atom. The Hall–Kier alpha value is -0.130. The number of nitrogens with zero attached hydrogens (tertiary/aromatic N) is 1. The highest BCUT2D eigenvalue weighted by molar-refractivity contribution is 7.90. The van der Waals surface area contributed by atoms with Crippen molar-refractivity contribution >= 4 is 9.84 Å². The fourth-order valence-corrected chi connectivity index (χ4v) is 3.44. The summed E-state index contributed by atoms with van der Waals surface area (Å²) in [4.78, 5) is 2.41. The van der Waals surface area contributed by atoms with Crippen molar-refractivity contribution in [2.24, 2.45) is 5.92 Å². The van der Waals surface area contributed by atoms with Gasteiger partial charge in [-0.2, -0.15) is 0 Å². The second-order valence-electron chi connectivity index (χ2n) is 5.92. The summed E-state index contributed by atoms with van der Waals surface area (Å²) in [5.41, 5.74) is 0. The van der Waals surface area contributed by atoms with Crippen LogP contribution in [0.3, 0.4) is 0 Å². The lowest BCUT2D eigenvalue weighted by Gasteiger charge is -2.40. The Kier molecular flexibility index (Phi) is 4.67. The van der Waals surface area contributed by atoms with Crippen LogP contribution in [0.4, 0.5) is 0 Å². The predicted molar refractivity (Wildman–Crippen MR) is 74.5 cm³/mol. The topological polar surface area (TPSA) is 49.4 Å². The van der Waals surface area contributed by atoms with Crippen LogP contribution >= 0.6 is 0 Å². The van der Waals surface area contributed by atoms with Gasteiger partial charge in [0.05, 0.1) is 5.75 Å². The quantitative estimate of drug-likeness (QED) is 0.781. The first-order valence-corrected chi connectivity index (χ1v) is 9.21. The molecule has 1 heterocycles. The molecule has 0 amide bonds. The standard InChI is InChI=1S/C13H26N2O2S/c1-3-4-12-9-14-13(11-5-6-11)10-15(12)7-8-18(2,16)17/h11-14H,3-10H2,1-2H3. The van der Waals surface area contributed by atoms with Gasteiger partial charge in [0.1, 0.15) is 9.84 Å². The summed E-state index contributed by atoms with van der Waals surface area (Å²) in [7, 11) is -2.85. The van der Waals surface area contributed by atoms with E-state index in [-0.39, 0.29) is 0 Å². The molecule has 0 radical (unpaired) electrons. The third-order valence-electron chi connectivity index (χ3n) is 4.13. The Labute approximate surface area is 111 Å². The number of sulfone groups is 1. The molecule has 2 fully saturated rings. The van der Waals surface area contributed by atoms with E-state index < -0.39 is 9.84 Å². The molecule has 1 saturated heterocycles. The molecule has 0 bridgehead atoms. The molecule has 1 aliphatic heterocycles. The average molecular weight is 274 g/mol. The van der Waals surface area contributed by atoms with Gasteiger partial charge in [0.2, 0.25) is 0 Å². The Balaban J connectivity index is 1.90. The van der Waals surface area contributed by atoms with E-state index in [4.69, 9.17) is 0 Å². The van der Waals surface area contributed by atoms with Gasteiger partial charge in [-0.1, -0.05) is 13.3 Å². The summed E-state index contributed by atoms with van der Waals surface area (Å²) in [6.07, 6.45) is 6.35. The summed E-state index contributed by atoms with van der Waals surface area (Å²) in [5, 5.41) is 3.65. The van der Waals surface area contributed by atoms with Gasteiger partial charge in [-0.25, -0.2) is 8.42 Å². The van der Waals surface area contributed by atoms with Crippen molar-refractivity contribution in [3.63, 3.8) is 0 Å². The first kappa shape index (κ1) is 14.3. The van der Waals surface area contributed by atoms with Gasteiger partial charge in [-0.15, -0.1) is 0 Å². The highest BCUT2D eigenvalue weighted by atomic mass is 32.2. The maximum Gasteiger partial charge on any atom is 0.148 e. The van der Waals surface area contributed by atoms with Crippen molar-refractivity contribution in [3.8, 4) is 0 Å². The van der Waals surface area contributed by atoms with E-state index in [2.05, 4.69) is 17.1 Å². The summed E-state index contributed by atoms with van der Waals surface area (Å²) < 4.78 is 22.6. The van der Waals surface area contributed by atoms with E-state index >= 15 is 0 Å². The molecule has 2 atom stereocenters. The minimum atomic E-state index is -2.85. The molecule has 0 spiro atoms. The van der Waals surface area contributed by atoms with Gasteiger partial charge in [0.15, 0.2) is 0 Å². The van der Waals surface area contributed by atoms with E-state index in [1.54, 1.807) is 0 Å². The van der Waals surface area contributed by atoms with Crippen LogP contribution in [0.2, 0.25) is 0 Å². The Morgan fingerprint density at radius 3 is 2.61 bits per heavy atom. The summed E-state index contributed by atoms with van der Waals surface area (Å²) >= 11 is 0. The van der Waals surface area contributed by atoms with E-state index in [0.29, 0.717) is 24.4 Å². The predicted octanol–water partition coefficient (Wildman–Crippen LogP) is 0.884. The van der Waals surface area contributed by atoms with E-state index in [1.165, 1.54) is 19.1 Å². The molecule has 18 heavy (non-hydrogen) atoms. The molecule has 1 aliphatic carbocycles. The van der Waals surface area contributed by atoms with Crippen LogP contribution in [0.5, 0.6) is 0 Å². The Bertz CT molecular complexity index is 365. The van der Waals surface area contributed by atoms with E-state index in [9.17, 15) is 8.42 Å². The van der Waals surface area contributed by atoms with Crippen LogP contribution in [-0.2, 0) is 9.84 Å². The molecular weight excluding hydrogens is 248 g/mol. The summed E-state index contributed by atoms with van der Waals surface area (Å²) in [6, 6.07) is 1.12. The van der Waals surface area contributed by atoms with Crippen LogP contribution in [-0.4, -0.2) is 57.0 Å². The van der Waals surface area contributed by atoms with Crippen molar-refractivity contribution in [2.75, 3.05) is 31.6 Å². The smallest absolute Gasteiger partial charge is 0.148 e. The van der Waals surface area contributed by atoms with Gasteiger partial charge < -0.3 is 5.32 Å². The largest absolute Gasteiger partial charge is 0.311 e. The van der Waals surface area contributed by atoms with Gasteiger partial charge >= 0.3 is 0 Å². The van der Waals surface area contributed by atoms with Crippen LogP contribution in [0.15, 0.2) is 0 Å². The number of hydrogen-bond acceptors (Lipinski definition) is 4. The molecule has 106 valence electrons. The first-order valence-electron chi connectivity index (χ1n) is 7.14. The average Bonchev–Trinajstić information content (AvgIpc) is 3.11. The molecule has 0 aromatic rings. The van der Waals surface area contributed by atoms with Crippen molar-refractivity contribution in [2.45, 2.75) is 44.7 Å². The second kappa shape index (κ2) is 5.88. The van der Waals surface area contributed by atoms with Crippen LogP contribution in [0, 0.1) is 5.92 Å². The zero-order chi connectivity index (χ0) is 13.2. The molecule has 2 unspecified atom stereocenters. The normalized spacial score (nSPS) is 30.6. The van der Waals surface area contributed by atoms with Gasteiger partial charge in [-0.3, -0.25) is 4.90 Å². The van der Waals surface area contributed by atoms with Gasteiger partial charge in [-0.05, 0) is 25.2 Å². The van der Waals surface area contributed by atoms with Crippen LogP contribution in [0.25, 0.3) is 0 Å². The number of hydrogen-bond donors (Lipinski definition) is 1. The molecular formula is C13H26N2O2S. The lowest BCUT2D eigenvalue weighted by atomic mass is 10.0. The molecule has 5 heteroatoms. The zero-order valence-corrected chi connectivity index (χ0v) is 12.4. The number of rotatable bonds is 6. The van der Waals surface area contributed by atoms with Gasteiger partial charge in [0, 0.05) is 38.0 Å². The molecule has 2 rings (SSSR count). The fraction of sp³-hybridized carbons (Fsp3) is 1.00. The third-order valence-corrected chi connectivity index (χ3v) is 5.05.